The fourth-order valence-corrected chi connectivity index (χ4v) is 5.90. The molecule has 0 unspecified atom stereocenters. The Morgan fingerprint density at radius 1 is 0.925 bits per heavy atom. The second-order valence-corrected chi connectivity index (χ2v) is 12.7. The molecule has 0 spiro atoms. The molecule has 0 saturated carbocycles. The molecule has 214 valence electrons. The van der Waals surface area contributed by atoms with Crippen molar-refractivity contribution >= 4 is 43.5 Å². The minimum absolute atomic E-state index is 0.0953. The highest BCUT2D eigenvalue weighted by Gasteiger charge is 2.30. The van der Waals surface area contributed by atoms with Crippen LogP contribution in [0.15, 0.2) is 77.3 Å². The molecule has 40 heavy (non-hydrogen) atoms. The van der Waals surface area contributed by atoms with Crippen molar-refractivity contribution in [2.24, 2.45) is 0 Å². The summed E-state index contributed by atoms with van der Waals surface area (Å²) in [5.74, 6) is -0.422. The van der Waals surface area contributed by atoms with Gasteiger partial charge in [-0.15, -0.1) is 0 Å². The van der Waals surface area contributed by atoms with Gasteiger partial charge in [0.05, 0.1) is 11.9 Å². The number of hydrogen-bond acceptors (Lipinski definition) is 4. The molecule has 3 aromatic carbocycles. The monoisotopic (exact) mass is 627 g/mol. The first kappa shape index (κ1) is 31.4. The first-order chi connectivity index (χ1) is 19.0. The van der Waals surface area contributed by atoms with E-state index in [2.05, 4.69) is 21.2 Å². The van der Waals surface area contributed by atoms with Crippen LogP contribution in [0.3, 0.4) is 0 Å². The van der Waals surface area contributed by atoms with Gasteiger partial charge in [-0.05, 0) is 67.6 Å². The van der Waals surface area contributed by atoms with E-state index >= 15 is 0 Å². The molecule has 0 bridgehead atoms. The van der Waals surface area contributed by atoms with Crippen LogP contribution in [-0.4, -0.2) is 50.5 Å². The van der Waals surface area contributed by atoms with Crippen molar-refractivity contribution in [3.63, 3.8) is 0 Å². The van der Waals surface area contributed by atoms with E-state index in [0.717, 1.165) is 26.7 Å². The Morgan fingerprint density at radius 2 is 1.60 bits per heavy atom. The quantitative estimate of drug-likeness (QED) is 0.275. The predicted molar refractivity (Wildman–Crippen MR) is 165 cm³/mol. The highest BCUT2D eigenvalue weighted by molar-refractivity contribution is 9.10. The molecule has 3 aromatic rings. The lowest BCUT2D eigenvalue weighted by Crippen LogP contribution is -2.50. The fourth-order valence-electron chi connectivity index (χ4n) is 4.62. The molecule has 3 rings (SSSR count). The zero-order valence-electron chi connectivity index (χ0n) is 23.6. The van der Waals surface area contributed by atoms with Gasteiger partial charge in [-0.1, -0.05) is 70.5 Å². The van der Waals surface area contributed by atoms with Crippen molar-refractivity contribution in [1.82, 2.24) is 10.2 Å². The Labute approximate surface area is 246 Å². The molecule has 2 amide bonds. The molecule has 0 fully saturated rings. The summed E-state index contributed by atoms with van der Waals surface area (Å²) in [7, 11) is -3.57. The largest absolute Gasteiger partial charge is 0.355 e. The average molecular weight is 629 g/mol. The minimum atomic E-state index is -3.57. The number of nitrogens with one attached hydrogen (secondary N) is 1. The van der Waals surface area contributed by atoms with Crippen molar-refractivity contribution in [1.29, 1.82) is 0 Å². The summed E-state index contributed by atoms with van der Waals surface area (Å²) in [4.78, 5) is 28.7. The van der Waals surface area contributed by atoms with E-state index < -0.39 is 16.1 Å². The van der Waals surface area contributed by atoms with Gasteiger partial charge in [-0.3, -0.25) is 13.9 Å². The highest BCUT2D eigenvalue weighted by atomic mass is 79.9. The third-order valence-corrected chi connectivity index (χ3v) is 8.59. The van der Waals surface area contributed by atoms with Crippen LogP contribution in [0.5, 0.6) is 0 Å². The number of carbonyl (C=O) groups is 2. The van der Waals surface area contributed by atoms with Gasteiger partial charge in [0, 0.05) is 36.9 Å². The summed E-state index contributed by atoms with van der Waals surface area (Å²) in [6.45, 7) is 6.56. The van der Waals surface area contributed by atoms with Gasteiger partial charge >= 0.3 is 0 Å². The maximum absolute atomic E-state index is 13.8. The summed E-state index contributed by atoms with van der Waals surface area (Å²) >= 11 is 3.45. The SMILES string of the molecule is CCNC(=O)[C@@H](Cc1ccccc1)N(Cc1ccc(Br)cc1)C(=O)CCCN(c1cccc(C)c1C)S(C)(=O)=O. The number of aryl methyl sites for hydroxylation is 1. The Bertz CT molecular complexity index is 1400. The Kier molecular flexibility index (Phi) is 11.3. The van der Waals surface area contributed by atoms with Crippen LogP contribution >= 0.6 is 15.9 Å². The second kappa shape index (κ2) is 14.5. The van der Waals surface area contributed by atoms with E-state index in [1.807, 2.05) is 87.5 Å². The predicted octanol–water partition coefficient (Wildman–Crippen LogP) is 5.39. The van der Waals surface area contributed by atoms with Gasteiger partial charge < -0.3 is 10.2 Å². The summed E-state index contributed by atoms with van der Waals surface area (Å²) in [5, 5.41) is 2.90. The number of sulfonamides is 1. The van der Waals surface area contributed by atoms with Crippen molar-refractivity contribution in [2.75, 3.05) is 23.7 Å². The maximum atomic E-state index is 13.8. The molecule has 7 nitrogen and oxygen atoms in total. The third-order valence-electron chi connectivity index (χ3n) is 6.89. The lowest BCUT2D eigenvalue weighted by Gasteiger charge is -2.32. The Hall–Kier alpha value is -3.17. The number of likely N-dealkylation sites (N-methyl/N-ethyl adjacent to an activating group) is 1. The lowest BCUT2D eigenvalue weighted by atomic mass is 10.0. The molecule has 0 aliphatic rings. The number of amides is 2. The Morgan fingerprint density at radius 3 is 2.23 bits per heavy atom. The highest BCUT2D eigenvalue weighted by Crippen LogP contribution is 2.26. The summed E-state index contributed by atoms with van der Waals surface area (Å²) in [6, 6.07) is 22.1. The number of carbonyl (C=O) groups excluding carboxylic acids is 2. The van der Waals surface area contributed by atoms with Crippen LogP contribution in [0, 0.1) is 13.8 Å². The molecule has 0 aliphatic heterocycles. The lowest BCUT2D eigenvalue weighted by molar-refractivity contribution is -0.141. The van der Waals surface area contributed by atoms with E-state index in [0.29, 0.717) is 25.1 Å². The number of rotatable bonds is 13. The second-order valence-electron chi connectivity index (χ2n) is 9.91. The number of benzene rings is 3. The van der Waals surface area contributed by atoms with E-state index in [1.165, 1.54) is 10.6 Å². The van der Waals surface area contributed by atoms with Gasteiger partial charge in [-0.25, -0.2) is 8.42 Å². The fraction of sp³-hybridized carbons (Fsp3) is 0.355. The average Bonchev–Trinajstić information content (AvgIpc) is 2.91. The zero-order chi connectivity index (χ0) is 29.3. The molecule has 9 heteroatoms. The summed E-state index contributed by atoms with van der Waals surface area (Å²) in [6.07, 6.45) is 1.95. The topological polar surface area (TPSA) is 86.8 Å². The normalized spacial score (nSPS) is 12.0. The number of halogens is 1. The van der Waals surface area contributed by atoms with E-state index in [1.54, 1.807) is 11.0 Å². The molecule has 0 saturated heterocycles. The van der Waals surface area contributed by atoms with Gasteiger partial charge in [0.1, 0.15) is 6.04 Å². The Balaban J connectivity index is 1.87. The minimum Gasteiger partial charge on any atom is -0.355 e. The molecule has 1 atom stereocenters. The van der Waals surface area contributed by atoms with E-state index in [-0.39, 0.29) is 31.3 Å². The summed E-state index contributed by atoms with van der Waals surface area (Å²) < 4.78 is 27.7. The maximum Gasteiger partial charge on any atom is 0.243 e. The van der Waals surface area contributed by atoms with E-state index in [9.17, 15) is 18.0 Å². The summed E-state index contributed by atoms with van der Waals surface area (Å²) in [5.41, 5.74) is 4.34. The van der Waals surface area contributed by atoms with Crippen LogP contribution in [-0.2, 0) is 32.6 Å². The molecule has 1 N–H and O–H groups in total. The van der Waals surface area contributed by atoms with Crippen molar-refractivity contribution in [2.45, 2.75) is 52.6 Å². The van der Waals surface area contributed by atoms with Gasteiger partial charge in [0.25, 0.3) is 0 Å². The van der Waals surface area contributed by atoms with Gasteiger partial charge in [-0.2, -0.15) is 0 Å². The zero-order valence-corrected chi connectivity index (χ0v) is 26.0. The van der Waals surface area contributed by atoms with Crippen LogP contribution in [0.4, 0.5) is 5.69 Å². The van der Waals surface area contributed by atoms with Crippen LogP contribution in [0.2, 0.25) is 0 Å². The van der Waals surface area contributed by atoms with E-state index in [4.69, 9.17) is 0 Å². The molecule has 0 aromatic heterocycles. The molecule has 0 radical (unpaired) electrons. The molecule has 0 heterocycles. The standard InChI is InChI=1S/C31H38BrN3O4S/c1-5-33-31(37)29(21-25-12-7-6-8-13-25)34(22-26-16-18-27(32)19-17-26)30(36)15-10-20-35(40(4,38)39)28-14-9-11-23(2)24(28)3/h6-9,11-14,16-19,29H,5,10,15,20-22H2,1-4H3,(H,33,37)/t29-/m1/s1. The smallest absolute Gasteiger partial charge is 0.243 e. The van der Waals surface area contributed by atoms with Gasteiger partial charge in [0.15, 0.2) is 0 Å². The van der Waals surface area contributed by atoms with Crippen molar-refractivity contribution in [3.8, 4) is 0 Å². The first-order valence-electron chi connectivity index (χ1n) is 13.4. The molecular formula is C31H38BrN3O4S. The number of hydrogen-bond donors (Lipinski definition) is 1. The van der Waals surface area contributed by atoms with Crippen LogP contribution in [0.1, 0.15) is 42.0 Å². The number of nitrogens with zero attached hydrogens (tertiary/aromatic N) is 2. The van der Waals surface area contributed by atoms with Crippen molar-refractivity contribution < 1.29 is 18.0 Å². The van der Waals surface area contributed by atoms with Gasteiger partial charge in [0.2, 0.25) is 21.8 Å². The van der Waals surface area contributed by atoms with Crippen LogP contribution < -0.4 is 9.62 Å². The third kappa shape index (κ3) is 8.66. The van der Waals surface area contributed by atoms with Crippen LogP contribution in [0.25, 0.3) is 0 Å². The number of anilines is 1. The molecular weight excluding hydrogens is 590 g/mol. The molecule has 0 aliphatic carbocycles. The van der Waals surface area contributed by atoms with Crippen molar-refractivity contribution in [3.05, 3.63) is 99.5 Å². The first-order valence-corrected chi connectivity index (χ1v) is 16.0.